The minimum atomic E-state index is -2.86. The molecule has 0 saturated heterocycles. The largest absolute Gasteiger partial charge is 0.465 e. The number of halogens is 2. The van der Waals surface area contributed by atoms with Crippen LogP contribution in [0.4, 0.5) is 8.78 Å². The Balaban J connectivity index is 3.47. The molecule has 84 valence electrons. The Labute approximate surface area is 90.5 Å². The van der Waals surface area contributed by atoms with Crippen LogP contribution in [0, 0.1) is 18.3 Å². The van der Waals surface area contributed by atoms with Crippen molar-refractivity contribution in [2.75, 3.05) is 7.11 Å². The third-order valence-corrected chi connectivity index (χ3v) is 1.97. The molecule has 1 aromatic rings. The van der Waals surface area contributed by atoms with E-state index in [1.165, 1.54) is 6.92 Å². The lowest BCUT2D eigenvalue weighted by Gasteiger charge is -2.09. The first kappa shape index (κ1) is 12.0. The number of nitrogens with zero attached hydrogens (tertiary/aromatic N) is 2. The number of hydrogen-bond donors (Lipinski definition) is 0. The van der Waals surface area contributed by atoms with Gasteiger partial charge in [-0.25, -0.2) is 18.6 Å². The van der Waals surface area contributed by atoms with Gasteiger partial charge in [-0.3, -0.25) is 0 Å². The van der Waals surface area contributed by atoms with Crippen LogP contribution in [-0.4, -0.2) is 18.1 Å². The molecule has 1 rings (SSSR count). The topological polar surface area (TPSA) is 63.0 Å². The van der Waals surface area contributed by atoms with E-state index in [4.69, 9.17) is 5.26 Å². The number of alkyl halides is 2. The number of aryl methyl sites for hydroxylation is 1. The van der Waals surface area contributed by atoms with Gasteiger partial charge in [0.2, 0.25) is 0 Å². The van der Waals surface area contributed by atoms with Gasteiger partial charge in [0.25, 0.3) is 6.43 Å². The molecule has 0 N–H and O–H groups in total. The van der Waals surface area contributed by atoms with Crippen molar-refractivity contribution in [1.29, 1.82) is 5.26 Å². The van der Waals surface area contributed by atoms with E-state index in [9.17, 15) is 13.6 Å². The quantitative estimate of drug-likeness (QED) is 0.723. The van der Waals surface area contributed by atoms with Crippen LogP contribution in [0.25, 0.3) is 0 Å². The molecule has 0 aromatic carbocycles. The van der Waals surface area contributed by atoms with E-state index in [2.05, 4.69) is 9.72 Å². The maximum absolute atomic E-state index is 12.7. The molecule has 0 saturated carbocycles. The first-order valence-corrected chi connectivity index (χ1v) is 4.29. The second-order valence-electron chi connectivity index (χ2n) is 2.96. The molecule has 0 aliphatic carbocycles. The predicted molar refractivity (Wildman–Crippen MR) is 50.0 cm³/mol. The molecular weight excluding hydrogens is 218 g/mol. The zero-order valence-electron chi connectivity index (χ0n) is 8.62. The van der Waals surface area contributed by atoms with E-state index in [1.54, 1.807) is 6.07 Å². The van der Waals surface area contributed by atoms with Gasteiger partial charge in [-0.1, -0.05) is 0 Å². The Morgan fingerprint density at radius 3 is 2.69 bits per heavy atom. The molecule has 16 heavy (non-hydrogen) atoms. The first-order chi connectivity index (χ1) is 7.51. The molecule has 6 heteroatoms. The van der Waals surface area contributed by atoms with E-state index in [1.807, 2.05) is 0 Å². The number of carbonyl (C=O) groups excluding carboxylic acids is 1. The summed E-state index contributed by atoms with van der Waals surface area (Å²) in [6, 6.07) is 2.54. The average Bonchev–Trinajstić information content (AvgIpc) is 2.26. The number of methoxy groups -OCH3 is 1. The fourth-order valence-electron chi connectivity index (χ4n) is 1.29. The molecule has 0 fully saturated rings. The van der Waals surface area contributed by atoms with Gasteiger partial charge in [0.05, 0.1) is 18.4 Å². The van der Waals surface area contributed by atoms with Crippen LogP contribution in [-0.2, 0) is 4.74 Å². The summed E-state index contributed by atoms with van der Waals surface area (Å²) in [5.74, 6) is -0.884. The Morgan fingerprint density at radius 1 is 1.62 bits per heavy atom. The van der Waals surface area contributed by atoms with Crippen LogP contribution in [0.5, 0.6) is 0 Å². The maximum atomic E-state index is 12.7. The van der Waals surface area contributed by atoms with Crippen LogP contribution < -0.4 is 0 Å². The van der Waals surface area contributed by atoms with E-state index in [0.29, 0.717) is 0 Å². The SMILES string of the molecule is COC(=O)c1c(C(F)F)cc(C#N)nc1C. The van der Waals surface area contributed by atoms with Gasteiger partial charge < -0.3 is 4.74 Å². The standard InChI is InChI=1S/C10H8F2N2O2/c1-5-8(10(15)16-2)7(9(11)12)3-6(4-13)14-5/h3,9H,1-2H3. The lowest BCUT2D eigenvalue weighted by Crippen LogP contribution is -2.11. The second kappa shape index (κ2) is 4.66. The van der Waals surface area contributed by atoms with E-state index >= 15 is 0 Å². The summed E-state index contributed by atoms with van der Waals surface area (Å²) in [6.07, 6.45) is -2.86. The summed E-state index contributed by atoms with van der Waals surface area (Å²) in [4.78, 5) is 15.0. The van der Waals surface area contributed by atoms with E-state index in [0.717, 1.165) is 13.2 Å². The Kier molecular flexibility index (Phi) is 3.51. The van der Waals surface area contributed by atoms with Crippen molar-refractivity contribution >= 4 is 5.97 Å². The van der Waals surface area contributed by atoms with Crippen LogP contribution >= 0.6 is 0 Å². The number of hydrogen-bond acceptors (Lipinski definition) is 4. The van der Waals surface area contributed by atoms with Crippen LogP contribution in [0.2, 0.25) is 0 Å². The van der Waals surface area contributed by atoms with Crippen LogP contribution in [0.3, 0.4) is 0 Å². The van der Waals surface area contributed by atoms with E-state index < -0.39 is 18.0 Å². The molecule has 0 bridgehead atoms. The Bertz CT molecular complexity index is 467. The number of esters is 1. The molecule has 4 nitrogen and oxygen atoms in total. The molecule has 1 aromatic heterocycles. The maximum Gasteiger partial charge on any atom is 0.340 e. The van der Waals surface area contributed by atoms with Gasteiger partial charge in [-0.2, -0.15) is 5.26 Å². The van der Waals surface area contributed by atoms with Crippen molar-refractivity contribution in [3.63, 3.8) is 0 Å². The molecule has 0 unspecified atom stereocenters. The predicted octanol–water partition coefficient (Wildman–Crippen LogP) is 1.99. The average molecular weight is 226 g/mol. The van der Waals surface area contributed by atoms with Gasteiger partial charge in [0, 0.05) is 5.56 Å². The lowest BCUT2D eigenvalue weighted by molar-refractivity contribution is 0.0587. The first-order valence-electron chi connectivity index (χ1n) is 4.29. The van der Waals surface area contributed by atoms with Crippen molar-refractivity contribution in [3.05, 3.63) is 28.6 Å². The van der Waals surface area contributed by atoms with Crippen LogP contribution in [0.1, 0.15) is 33.7 Å². The summed E-state index contributed by atoms with van der Waals surface area (Å²) >= 11 is 0. The van der Waals surface area contributed by atoms with Gasteiger partial charge >= 0.3 is 5.97 Å². The van der Waals surface area contributed by atoms with Gasteiger partial charge in [0.1, 0.15) is 11.8 Å². The monoisotopic (exact) mass is 226 g/mol. The number of rotatable bonds is 2. The molecule has 0 radical (unpaired) electrons. The highest BCUT2D eigenvalue weighted by Crippen LogP contribution is 2.25. The summed E-state index contributed by atoms with van der Waals surface area (Å²) in [5, 5.41) is 8.58. The number of carbonyl (C=O) groups is 1. The molecule has 0 aliphatic heterocycles. The van der Waals surface area contributed by atoms with Crippen molar-refractivity contribution < 1.29 is 18.3 Å². The molecular formula is C10H8F2N2O2. The third kappa shape index (κ3) is 2.14. The smallest absolute Gasteiger partial charge is 0.340 e. The number of aromatic nitrogens is 1. The number of pyridine rings is 1. The summed E-state index contributed by atoms with van der Waals surface area (Å²) in [7, 11) is 1.09. The highest BCUT2D eigenvalue weighted by molar-refractivity contribution is 5.92. The minimum absolute atomic E-state index is 0.0567. The van der Waals surface area contributed by atoms with Crippen molar-refractivity contribution in [3.8, 4) is 6.07 Å². The fourth-order valence-corrected chi connectivity index (χ4v) is 1.29. The minimum Gasteiger partial charge on any atom is -0.465 e. The molecule has 0 spiro atoms. The highest BCUT2D eigenvalue weighted by Gasteiger charge is 2.23. The Morgan fingerprint density at radius 2 is 2.25 bits per heavy atom. The van der Waals surface area contributed by atoms with Crippen molar-refractivity contribution in [2.45, 2.75) is 13.3 Å². The normalized spacial score (nSPS) is 10.0. The third-order valence-electron chi connectivity index (χ3n) is 1.97. The van der Waals surface area contributed by atoms with Gasteiger partial charge in [-0.15, -0.1) is 0 Å². The molecule has 0 atom stereocenters. The molecule has 0 amide bonds. The summed E-state index contributed by atoms with van der Waals surface area (Å²) < 4.78 is 29.7. The zero-order valence-corrected chi connectivity index (χ0v) is 8.62. The summed E-state index contributed by atoms with van der Waals surface area (Å²) in [5.41, 5.74) is -0.908. The highest BCUT2D eigenvalue weighted by atomic mass is 19.3. The molecule has 0 aliphatic rings. The number of nitriles is 1. The fraction of sp³-hybridized carbons (Fsp3) is 0.300. The second-order valence-corrected chi connectivity index (χ2v) is 2.96. The van der Waals surface area contributed by atoms with Gasteiger partial charge in [-0.05, 0) is 13.0 Å². The van der Waals surface area contributed by atoms with Crippen molar-refractivity contribution in [2.24, 2.45) is 0 Å². The molecule has 1 heterocycles. The van der Waals surface area contributed by atoms with Crippen LogP contribution in [0.15, 0.2) is 6.07 Å². The lowest BCUT2D eigenvalue weighted by atomic mass is 10.1. The van der Waals surface area contributed by atoms with E-state index in [-0.39, 0.29) is 17.0 Å². The van der Waals surface area contributed by atoms with Crippen molar-refractivity contribution in [1.82, 2.24) is 4.98 Å². The van der Waals surface area contributed by atoms with Gasteiger partial charge in [0.15, 0.2) is 0 Å². The Hall–Kier alpha value is -2.03. The zero-order chi connectivity index (χ0) is 12.3. The summed E-state index contributed by atoms with van der Waals surface area (Å²) in [6.45, 7) is 1.37. The number of ether oxygens (including phenoxy) is 1.